The van der Waals surface area contributed by atoms with Gasteiger partial charge in [0.05, 0.1) is 4.90 Å². The molecule has 0 saturated heterocycles. The van der Waals surface area contributed by atoms with Crippen molar-refractivity contribution in [3.05, 3.63) is 47.1 Å². The molecule has 1 aromatic heterocycles. The lowest BCUT2D eigenvalue weighted by molar-refractivity contribution is 0.588. The zero-order chi connectivity index (χ0) is 14.3. The molecule has 0 aliphatic rings. The normalized spacial score (nSPS) is 12.6. The predicted molar refractivity (Wildman–Crippen MR) is 84.1 cm³/mol. The minimum atomic E-state index is -3.51. The van der Waals surface area contributed by atoms with Gasteiger partial charge < -0.3 is 0 Å². The molecular weight excluding hydrogens is 342 g/mol. The SMILES string of the molecule is C[Si](C)(C)c1cc(Br)cn1S(=O)(=O)c1ccccc1. The maximum absolute atomic E-state index is 12.7. The predicted octanol–water partition coefficient (Wildman–Crippen LogP) is 3.03. The Morgan fingerprint density at radius 1 is 1.11 bits per heavy atom. The first-order valence-electron chi connectivity index (χ1n) is 5.92. The Hall–Kier alpha value is -0.853. The third kappa shape index (κ3) is 2.85. The molecule has 0 aliphatic carbocycles. The summed E-state index contributed by atoms with van der Waals surface area (Å²) in [4.78, 5) is 0.317. The number of benzene rings is 1. The van der Waals surface area contributed by atoms with Crippen LogP contribution in [0.5, 0.6) is 0 Å². The van der Waals surface area contributed by atoms with Crippen molar-refractivity contribution in [3.63, 3.8) is 0 Å². The highest BCUT2D eigenvalue weighted by molar-refractivity contribution is 9.10. The van der Waals surface area contributed by atoms with Crippen molar-refractivity contribution >= 4 is 39.3 Å². The average Bonchev–Trinajstić information content (AvgIpc) is 2.73. The fraction of sp³-hybridized carbons (Fsp3) is 0.231. The van der Waals surface area contributed by atoms with E-state index in [1.807, 2.05) is 12.1 Å². The van der Waals surface area contributed by atoms with Gasteiger partial charge in [0.25, 0.3) is 10.0 Å². The Labute approximate surface area is 123 Å². The molecular formula is C13H16BrNO2SSi. The van der Waals surface area contributed by atoms with Crippen molar-refractivity contribution < 1.29 is 8.42 Å². The Morgan fingerprint density at radius 3 is 2.21 bits per heavy atom. The summed E-state index contributed by atoms with van der Waals surface area (Å²) >= 11 is 3.38. The molecule has 0 spiro atoms. The van der Waals surface area contributed by atoms with Gasteiger partial charge >= 0.3 is 0 Å². The van der Waals surface area contributed by atoms with Gasteiger partial charge in [-0.2, -0.15) is 0 Å². The van der Waals surface area contributed by atoms with Crippen molar-refractivity contribution in [3.8, 4) is 0 Å². The summed E-state index contributed by atoms with van der Waals surface area (Å²) in [5.41, 5.74) is 0. The van der Waals surface area contributed by atoms with Crippen LogP contribution in [0.1, 0.15) is 0 Å². The van der Waals surface area contributed by atoms with Crippen molar-refractivity contribution in [1.82, 2.24) is 3.97 Å². The number of rotatable bonds is 3. The van der Waals surface area contributed by atoms with Crippen LogP contribution in [0.3, 0.4) is 0 Å². The molecule has 1 heterocycles. The number of nitrogens with zero attached hydrogens (tertiary/aromatic N) is 1. The van der Waals surface area contributed by atoms with Crippen LogP contribution in [-0.4, -0.2) is 20.5 Å². The molecule has 1 aromatic carbocycles. The van der Waals surface area contributed by atoms with Crippen LogP contribution in [0, 0.1) is 0 Å². The molecule has 0 amide bonds. The second-order valence-electron chi connectivity index (χ2n) is 5.41. The van der Waals surface area contributed by atoms with Gasteiger partial charge in [0, 0.05) is 16.0 Å². The lowest BCUT2D eigenvalue weighted by Gasteiger charge is -2.19. The number of hydrogen-bond acceptors (Lipinski definition) is 2. The number of hydrogen-bond donors (Lipinski definition) is 0. The molecule has 0 saturated carbocycles. The maximum Gasteiger partial charge on any atom is 0.267 e. The molecule has 0 fully saturated rings. The summed E-state index contributed by atoms with van der Waals surface area (Å²) in [7, 11) is -5.26. The highest BCUT2D eigenvalue weighted by atomic mass is 79.9. The van der Waals surface area contributed by atoms with Gasteiger partial charge in [-0.25, -0.2) is 12.4 Å². The van der Waals surface area contributed by atoms with E-state index in [1.54, 1.807) is 30.5 Å². The highest BCUT2D eigenvalue weighted by Crippen LogP contribution is 2.19. The molecule has 0 unspecified atom stereocenters. The van der Waals surface area contributed by atoms with E-state index in [0.717, 1.165) is 9.79 Å². The molecule has 0 N–H and O–H groups in total. The Kier molecular flexibility index (Phi) is 3.77. The largest absolute Gasteiger partial charge is 0.267 e. The lowest BCUT2D eigenvalue weighted by Crippen LogP contribution is -2.44. The number of aromatic nitrogens is 1. The summed E-state index contributed by atoms with van der Waals surface area (Å²) in [6.45, 7) is 6.39. The Bertz CT molecular complexity index is 687. The second-order valence-corrected chi connectivity index (χ2v) is 13.2. The van der Waals surface area contributed by atoms with Gasteiger partial charge in [-0.15, -0.1) is 0 Å². The summed E-state index contributed by atoms with van der Waals surface area (Å²) in [6, 6.07) is 10.4. The van der Waals surface area contributed by atoms with Crippen LogP contribution < -0.4 is 5.32 Å². The van der Waals surface area contributed by atoms with Crippen LogP contribution in [0.2, 0.25) is 19.6 Å². The number of halogens is 1. The minimum absolute atomic E-state index is 0.317. The third-order valence-electron chi connectivity index (χ3n) is 2.82. The van der Waals surface area contributed by atoms with Crippen LogP contribution >= 0.6 is 15.9 Å². The molecule has 2 aromatic rings. The van der Waals surface area contributed by atoms with E-state index in [-0.39, 0.29) is 0 Å². The third-order valence-corrected chi connectivity index (χ3v) is 7.03. The maximum atomic E-state index is 12.7. The van der Waals surface area contributed by atoms with E-state index in [1.165, 1.54) is 3.97 Å². The zero-order valence-corrected chi connectivity index (χ0v) is 14.5. The van der Waals surface area contributed by atoms with Gasteiger partial charge in [0.15, 0.2) is 0 Å². The van der Waals surface area contributed by atoms with Gasteiger partial charge in [0.1, 0.15) is 8.07 Å². The molecule has 19 heavy (non-hydrogen) atoms. The summed E-state index contributed by atoms with van der Waals surface area (Å²) < 4.78 is 27.6. The molecule has 6 heteroatoms. The molecule has 3 nitrogen and oxygen atoms in total. The minimum Gasteiger partial charge on any atom is -0.249 e. The van der Waals surface area contributed by atoms with Crippen molar-refractivity contribution in [2.24, 2.45) is 0 Å². The van der Waals surface area contributed by atoms with Gasteiger partial charge in [-0.3, -0.25) is 0 Å². The molecule has 0 bridgehead atoms. The first kappa shape index (κ1) is 14.6. The first-order valence-corrected chi connectivity index (χ1v) is 11.7. The van der Waals surface area contributed by atoms with Crippen molar-refractivity contribution in [2.45, 2.75) is 24.5 Å². The second kappa shape index (κ2) is 4.92. The Morgan fingerprint density at radius 2 is 1.68 bits per heavy atom. The quantitative estimate of drug-likeness (QED) is 0.792. The van der Waals surface area contributed by atoms with Crippen molar-refractivity contribution in [1.29, 1.82) is 0 Å². The topological polar surface area (TPSA) is 39.1 Å². The average molecular weight is 358 g/mol. The smallest absolute Gasteiger partial charge is 0.249 e. The van der Waals surface area contributed by atoms with E-state index in [2.05, 4.69) is 35.6 Å². The highest BCUT2D eigenvalue weighted by Gasteiger charge is 2.28. The van der Waals surface area contributed by atoms with Crippen molar-refractivity contribution in [2.75, 3.05) is 0 Å². The van der Waals surface area contributed by atoms with Gasteiger partial charge in [-0.1, -0.05) is 37.8 Å². The zero-order valence-electron chi connectivity index (χ0n) is 11.1. The van der Waals surface area contributed by atoms with Gasteiger partial charge in [0.2, 0.25) is 0 Å². The Balaban J connectivity index is 2.66. The van der Waals surface area contributed by atoms with Crippen LogP contribution in [0.25, 0.3) is 0 Å². The molecule has 0 aliphatic heterocycles. The summed E-state index contributed by atoms with van der Waals surface area (Å²) in [5.74, 6) is 0. The molecule has 2 rings (SSSR count). The van der Waals surface area contributed by atoms with Crippen LogP contribution in [-0.2, 0) is 10.0 Å². The first-order chi connectivity index (χ1) is 8.73. The van der Waals surface area contributed by atoms with Gasteiger partial charge in [-0.05, 0) is 34.1 Å². The summed E-state index contributed by atoms with van der Waals surface area (Å²) in [5, 5.41) is 0.892. The molecule has 0 atom stereocenters. The van der Waals surface area contributed by atoms with E-state index < -0.39 is 18.1 Å². The van der Waals surface area contributed by atoms with E-state index in [9.17, 15) is 8.42 Å². The fourth-order valence-corrected chi connectivity index (χ4v) is 6.42. The van der Waals surface area contributed by atoms with E-state index >= 15 is 0 Å². The van der Waals surface area contributed by atoms with Crippen LogP contribution in [0.4, 0.5) is 0 Å². The van der Waals surface area contributed by atoms with Crippen LogP contribution in [0.15, 0.2) is 52.0 Å². The lowest BCUT2D eigenvalue weighted by atomic mass is 10.4. The van der Waals surface area contributed by atoms with E-state index in [0.29, 0.717) is 4.90 Å². The fourth-order valence-electron chi connectivity index (χ4n) is 1.87. The molecule has 102 valence electrons. The summed E-state index contributed by atoms with van der Waals surface area (Å²) in [6.07, 6.45) is 1.63. The monoisotopic (exact) mass is 357 g/mol. The van der Waals surface area contributed by atoms with E-state index in [4.69, 9.17) is 0 Å². The molecule has 0 radical (unpaired) electrons. The standard InChI is InChI=1S/C13H16BrNO2SSi/c1-19(2,3)13-9-11(14)10-15(13)18(16,17)12-7-5-4-6-8-12/h4-10H,1-3H3.